The molecule has 0 unspecified atom stereocenters. The van der Waals surface area contributed by atoms with Gasteiger partial charge in [-0.05, 0) is 36.2 Å². The summed E-state index contributed by atoms with van der Waals surface area (Å²) in [4.78, 5) is 16.8. The molecule has 6 heteroatoms. The van der Waals surface area contributed by atoms with Gasteiger partial charge >= 0.3 is 0 Å². The van der Waals surface area contributed by atoms with Crippen molar-refractivity contribution in [1.29, 1.82) is 0 Å². The van der Waals surface area contributed by atoms with Crippen LogP contribution in [0.2, 0.25) is 0 Å². The van der Waals surface area contributed by atoms with Crippen LogP contribution in [0.15, 0.2) is 53.5 Å². The Labute approximate surface area is 154 Å². The van der Waals surface area contributed by atoms with Gasteiger partial charge in [-0.25, -0.2) is 4.98 Å². The normalized spacial score (nSPS) is 14.9. The minimum absolute atomic E-state index is 0.0852. The predicted molar refractivity (Wildman–Crippen MR) is 105 cm³/mol. The molecule has 128 valence electrons. The first-order valence-corrected chi connectivity index (χ1v) is 10.2. The fraction of sp³-hybridized carbons (Fsp3) is 0.263. The number of ether oxygens (including phenoxy) is 1. The van der Waals surface area contributed by atoms with Gasteiger partial charge in [0.05, 0.1) is 10.3 Å². The van der Waals surface area contributed by atoms with Crippen molar-refractivity contribution in [3.05, 3.63) is 75.8 Å². The maximum atomic E-state index is 12.2. The standard InChI is InChI=1S/C19H18N2O2S2/c1-13-3-2-8-21-17(22)11-15(20-18(13)21)12-23-16-6-4-14(5-7-16)19-24-9-10-25-19/h2-8,11,19H,9-10,12H2,1H3. The van der Waals surface area contributed by atoms with Crippen LogP contribution in [0, 0.1) is 6.92 Å². The Kier molecular flexibility index (Phi) is 4.72. The molecular formula is C19H18N2O2S2. The van der Waals surface area contributed by atoms with Crippen LogP contribution in [0.4, 0.5) is 0 Å². The van der Waals surface area contributed by atoms with Gasteiger partial charge in [0, 0.05) is 23.8 Å². The molecule has 0 amide bonds. The lowest BCUT2D eigenvalue weighted by Crippen LogP contribution is -2.17. The summed E-state index contributed by atoms with van der Waals surface area (Å²) in [5.74, 6) is 3.23. The van der Waals surface area contributed by atoms with E-state index in [0.717, 1.165) is 11.3 Å². The Bertz CT molecular complexity index is 948. The van der Waals surface area contributed by atoms with E-state index in [1.54, 1.807) is 10.6 Å². The lowest BCUT2D eigenvalue weighted by molar-refractivity contribution is 0.301. The van der Waals surface area contributed by atoms with Crippen molar-refractivity contribution in [2.45, 2.75) is 18.1 Å². The first kappa shape index (κ1) is 16.5. The van der Waals surface area contributed by atoms with E-state index >= 15 is 0 Å². The summed E-state index contributed by atoms with van der Waals surface area (Å²) < 4.78 is 7.93. The number of hydrogen-bond acceptors (Lipinski definition) is 5. The van der Waals surface area contributed by atoms with Gasteiger partial charge < -0.3 is 4.74 Å². The smallest absolute Gasteiger partial charge is 0.258 e. The SMILES string of the molecule is Cc1cccn2c(=O)cc(COc3ccc(C4SCCS4)cc3)nc12. The van der Waals surface area contributed by atoms with Gasteiger partial charge in [-0.1, -0.05) is 18.2 Å². The molecule has 1 aromatic carbocycles. The molecular weight excluding hydrogens is 352 g/mol. The number of hydrogen-bond donors (Lipinski definition) is 0. The largest absolute Gasteiger partial charge is 0.487 e. The molecule has 0 N–H and O–H groups in total. The van der Waals surface area contributed by atoms with E-state index in [9.17, 15) is 4.79 Å². The number of thioether (sulfide) groups is 2. The summed E-state index contributed by atoms with van der Waals surface area (Å²) in [6, 6.07) is 13.6. The molecule has 3 aromatic rings. The highest BCUT2D eigenvalue weighted by atomic mass is 32.2. The second-order valence-corrected chi connectivity index (χ2v) is 8.63. The molecule has 1 aliphatic rings. The monoisotopic (exact) mass is 370 g/mol. The number of pyridine rings is 1. The number of nitrogens with zero attached hydrogens (tertiary/aromatic N) is 2. The van der Waals surface area contributed by atoms with Crippen molar-refractivity contribution in [2.24, 2.45) is 0 Å². The predicted octanol–water partition coefficient (Wildman–Crippen LogP) is 4.06. The number of benzene rings is 1. The Hall–Kier alpha value is -1.92. The zero-order valence-corrected chi connectivity index (χ0v) is 15.5. The van der Waals surface area contributed by atoms with Crippen molar-refractivity contribution in [3.8, 4) is 5.75 Å². The minimum atomic E-state index is -0.0852. The maximum Gasteiger partial charge on any atom is 0.258 e. The molecule has 0 aliphatic carbocycles. The van der Waals surface area contributed by atoms with Gasteiger partial charge in [-0.3, -0.25) is 9.20 Å². The van der Waals surface area contributed by atoms with Crippen molar-refractivity contribution in [1.82, 2.24) is 9.38 Å². The van der Waals surface area contributed by atoms with Gasteiger partial charge in [0.2, 0.25) is 0 Å². The Morgan fingerprint density at radius 2 is 1.96 bits per heavy atom. The van der Waals surface area contributed by atoms with Crippen LogP contribution in [-0.4, -0.2) is 20.9 Å². The summed E-state index contributed by atoms with van der Waals surface area (Å²) in [6.07, 6.45) is 1.74. The number of aromatic nitrogens is 2. The summed E-state index contributed by atoms with van der Waals surface area (Å²) >= 11 is 3.98. The van der Waals surface area contributed by atoms with Gasteiger partial charge in [0.1, 0.15) is 18.0 Å². The Balaban J connectivity index is 1.50. The van der Waals surface area contributed by atoms with Crippen LogP contribution < -0.4 is 10.3 Å². The van der Waals surface area contributed by atoms with E-state index in [1.807, 2.05) is 54.7 Å². The third-order valence-corrected chi connectivity index (χ3v) is 7.20. The molecule has 4 nitrogen and oxygen atoms in total. The van der Waals surface area contributed by atoms with Gasteiger partial charge in [-0.2, -0.15) is 0 Å². The second-order valence-electron chi connectivity index (χ2n) is 5.90. The highest BCUT2D eigenvalue weighted by Crippen LogP contribution is 2.45. The molecule has 0 atom stereocenters. The van der Waals surface area contributed by atoms with E-state index in [-0.39, 0.29) is 12.2 Å². The molecule has 0 bridgehead atoms. The van der Waals surface area contributed by atoms with Crippen LogP contribution in [0.1, 0.15) is 21.4 Å². The molecule has 1 aliphatic heterocycles. The van der Waals surface area contributed by atoms with Crippen molar-refractivity contribution >= 4 is 29.2 Å². The first-order chi connectivity index (χ1) is 12.2. The first-order valence-electron chi connectivity index (χ1n) is 8.14. The Morgan fingerprint density at radius 3 is 2.72 bits per heavy atom. The van der Waals surface area contributed by atoms with Crippen LogP contribution in [0.3, 0.4) is 0 Å². The quantitative estimate of drug-likeness (QED) is 0.693. The molecule has 2 aromatic heterocycles. The Morgan fingerprint density at radius 1 is 1.20 bits per heavy atom. The molecule has 4 rings (SSSR count). The fourth-order valence-electron chi connectivity index (χ4n) is 2.81. The second kappa shape index (κ2) is 7.14. The highest BCUT2D eigenvalue weighted by molar-refractivity contribution is 8.19. The van der Waals surface area contributed by atoms with E-state index in [4.69, 9.17) is 4.74 Å². The van der Waals surface area contributed by atoms with E-state index in [2.05, 4.69) is 17.1 Å². The molecule has 0 radical (unpaired) electrons. The van der Waals surface area contributed by atoms with Crippen LogP contribution in [0.5, 0.6) is 5.75 Å². The topological polar surface area (TPSA) is 43.6 Å². The third-order valence-electron chi connectivity index (χ3n) is 4.10. The van der Waals surface area contributed by atoms with Gasteiger partial charge in [0.15, 0.2) is 0 Å². The highest BCUT2D eigenvalue weighted by Gasteiger charge is 2.17. The number of rotatable bonds is 4. The summed E-state index contributed by atoms with van der Waals surface area (Å²) in [6.45, 7) is 2.23. The van der Waals surface area contributed by atoms with Crippen LogP contribution in [-0.2, 0) is 6.61 Å². The number of fused-ring (bicyclic) bond motifs is 1. The van der Waals surface area contributed by atoms with E-state index in [1.165, 1.54) is 23.1 Å². The summed E-state index contributed by atoms with van der Waals surface area (Å²) in [5, 5.41) is 0. The van der Waals surface area contributed by atoms with Crippen LogP contribution in [0.25, 0.3) is 5.65 Å². The lowest BCUT2D eigenvalue weighted by atomic mass is 10.2. The molecule has 0 spiro atoms. The third kappa shape index (κ3) is 3.55. The molecule has 25 heavy (non-hydrogen) atoms. The van der Waals surface area contributed by atoms with Crippen molar-refractivity contribution in [3.63, 3.8) is 0 Å². The van der Waals surface area contributed by atoms with Gasteiger partial charge in [0.25, 0.3) is 5.56 Å². The van der Waals surface area contributed by atoms with Crippen molar-refractivity contribution < 1.29 is 4.74 Å². The molecule has 1 saturated heterocycles. The average Bonchev–Trinajstić information content (AvgIpc) is 3.16. The van der Waals surface area contributed by atoms with E-state index in [0.29, 0.717) is 15.9 Å². The van der Waals surface area contributed by atoms with Crippen LogP contribution >= 0.6 is 23.5 Å². The van der Waals surface area contributed by atoms with Crippen molar-refractivity contribution in [2.75, 3.05) is 11.5 Å². The summed E-state index contributed by atoms with van der Waals surface area (Å²) in [5.41, 5.74) is 3.54. The zero-order valence-electron chi connectivity index (χ0n) is 13.8. The molecule has 1 fully saturated rings. The maximum absolute atomic E-state index is 12.2. The molecule has 0 saturated carbocycles. The van der Waals surface area contributed by atoms with E-state index < -0.39 is 0 Å². The average molecular weight is 370 g/mol. The lowest BCUT2D eigenvalue weighted by Gasteiger charge is -2.11. The van der Waals surface area contributed by atoms with Gasteiger partial charge in [-0.15, -0.1) is 23.5 Å². The molecule has 3 heterocycles. The number of aryl methyl sites for hydroxylation is 1. The fourth-order valence-corrected chi connectivity index (χ4v) is 5.67. The summed E-state index contributed by atoms with van der Waals surface area (Å²) in [7, 11) is 0. The zero-order chi connectivity index (χ0) is 17.2. The minimum Gasteiger partial charge on any atom is -0.487 e.